The predicted octanol–water partition coefficient (Wildman–Crippen LogP) is 2.71. The first-order valence-electron chi connectivity index (χ1n) is 9.54. The van der Waals surface area contributed by atoms with E-state index in [0.29, 0.717) is 17.0 Å². The zero-order valence-electron chi connectivity index (χ0n) is 17.1. The standard InChI is InChI=1S/C21H26ClN3O4S/c1-4-14(2)19(25-20(26)16-7-9-17(22)10-8-16)21(27)24-13-15-5-11-18(12-6-15)30(28,29)23-3/h5-12,14,19,23H,4,13H2,1-3H3,(H,24,27)(H,25,26). The van der Waals surface area contributed by atoms with Crippen LogP contribution in [-0.4, -0.2) is 33.3 Å². The topological polar surface area (TPSA) is 104 Å². The highest BCUT2D eigenvalue weighted by atomic mass is 35.5. The molecule has 162 valence electrons. The van der Waals surface area contributed by atoms with Crippen LogP contribution in [0.5, 0.6) is 0 Å². The molecule has 0 spiro atoms. The second-order valence-corrected chi connectivity index (χ2v) is 9.24. The van der Waals surface area contributed by atoms with E-state index in [2.05, 4.69) is 15.4 Å². The first kappa shape index (κ1) is 23.9. The van der Waals surface area contributed by atoms with Gasteiger partial charge in [0.2, 0.25) is 15.9 Å². The first-order chi connectivity index (χ1) is 14.2. The fraction of sp³-hybridized carbons (Fsp3) is 0.333. The van der Waals surface area contributed by atoms with Crippen molar-refractivity contribution in [2.45, 2.75) is 37.8 Å². The minimum absolute atomic E-state index is 0.0793. The summed E-state index contributed by atoms with van der Waals surface area (Å²) in [5, 5.41) is 6.13. The van der Waals surface area contributed by atoms with Crippen molar-refractivity contribution < 1.29 is 18.0 Å². The van der Waals surface area contributed by atoms with E-state index < -0.39 is 16.1 Å². The molecule has 0 bridgehead atoms. The number of hydrogen-bond donors (Lipinski definition) is 3. The summed E-state index contributed by atoms with van der Waals surface area (Å²) < 4.78 is 25.8. The molecular formula is C21H26ClN3O4S. The van der Waals surface area contributed by atoms with Crippen LogP contribution < -0.4 is 15.4 Å². The molecule has 0 radical (unpaired) electrons. The van der Waals surface area contributed by atoms with Crippen molar-refractivity contribution in [3.05, 3.63) is 64.7 Å². The summed E-state index contributed by atoms with van der Waals surface area (Å²) >= 11 is 5.86. The number of nitrogens with one attached hydrogen (secondary N) is 3. The van der Waals surface area contributed by atoms with E-state index in [9.17, 15) is 18.0 Å². The van der Waals surface area contributed by atoms with Crippen molar-refractivity contribution in [2.75, 3.05) is 7.05 Å². The molecule has 2 aromatic rings. The van der Waals surface area contributed by atoms with E-state index in [1.165, 1.54) is 19.2 Å². The van der Waals surface area contributed by atoms with Gasteiger partial charge in [0, 0.05) is 17.1 Å². The minimum Gasteiger partial charge on any atom is -0.350 e. The van der Waals surface area contributed by atoms with Gasteiger partial charge in [-0.1, -0.05) is 44.0 Å². The van der Waals surface area contributed by atoms with Gasteiger partial charge in [0.15, 0.2) is 0 Å². The minimum atomic E-state index is -3.51. The summed E-state index contributed by atoms with van der Waals surface area (Å²) in [6.45, 7) is 4.05. The normalized spacial score (nSPS) is 13.3. The first-order valence-corrected chi connectivity index (χ1v) is 11.4. The number of benzene rings is 2. The highest BCUT2D eigenvalue weighted by molar-refractivity contribution is 7.89. The maximum atomic E-state index is 12.8. The van der Waals surface area contributed by atoms with Crippen LogP contribution in [0.25, 0.3) is 0 Å². The molecule has 9 heteroatoms. The van der Waals surface area contributed by atoms with Crippen molar-refractivity contribution in [2.24, 2.45) is 5.92 Å². The van der Waals surface area contributed by atoms with Gasteiger partial charge in [-0.25, -0.2) is 13.1 Å². The smallest absolute Gasteiger partial charge is 0.251 e. The Morgan fingerprint density at radius 3 is 2.17 bits per heavy atom. The summed E-state index contributed by atoms with van der Waals surface area (Å²) in [5.41, 5.74) is 1.16. The Morgan fingerprint density at radius 2 is 1.63 bits per heavy atom. The van der Waals surface area contributed by atoms with Gasteiger partial charge in [-0.15, -0.1) is 0 Å². The van der Waals surface area contributed by atoms with Gasteiger partial charge < -0.3 is 10.6 Å². The Morgan fingerprint density at radius 1 is 1.03 bits per heavy atom. The van der Waals surface area contributed by atoms with Crippen LogP contribution in [0.1, 0.15) is 36.2 Å². The molecule has 2 amide bonds. The van der Waals surface area contributed by atoms with Crippen molar-refractivity contribution in [1.82, 2.24) is 15.4 Å². The molecule has 2 unspecified atom stereocenters. The number of carbonyl (C=O) groups excluding carboxylic acids is 2. The second-order valence-electron chi connectivity index (χ2n) is 6.91. The number of halogens is 1. The van der Waals surface area contributed by atoms with Crippen LogP contribution in [0.15, 0.2) is 53.4 Å². The average Bonchev–Trinajstić information content (AvgIpc) is 2.75. The molecule has 0 aliphatic heterocycles. The monoisotopic (exact) mass is 451 g/mol. The van der Waals surface area contributed by atoms with Crippen LogP contribution in [-0.2, 0) is 21.4 Å². The second kappa shape index (κ2) is 10.6. The third-order valence-corrected chi connectivity index (χ3v) is 6.54. The molecule has 0 aliphatic carbocycles. The molecule has 0 aliphatic rings. The lowest BCUT2D eigenvalue weighted by Gasteiger charge is -2.23. The highest BCUT2D eigenvalue weighted by Gasteiger charge is 2.26. The van der Waals surface area contributed by atoms with Crippen LogP contribution >= 0.6 is 11.6 Å². The number of sulfonamides is 1. The molecule has 2 rings (SSSR count). The zero-order valence-corrected chi connectivity index (χ0v) is 18.7. The van der Waals surface area contributed by atoms with Gasteiger partial charge in [-0.05, 0) is 54.9 Å². The molecule has 3 N–H and O–H groups in total. The van der Waals surface area contributed by atoms with E-state index in [1.54, 1.807) is 36.4 Å². The fourth-order valence-corrected chi connectivity index (χ4v) is 3.59. The van der Waals surface area contributed by atoms with E-state index in [4.69, 9.17) is 11.6 Å². The Labute approximate surface area is 182 Å². The van der Waals surface area contributed by atoms with Gasteiger partial charge >= 0.3 is 0 Å². The SMILES string of the molecule is CCC(C)C(NC(=O)c1ccc(Cl)cc1)C(=O)NCc1ccc(S(=O)(=O)NC)cc1. The molecular weight excluding hydrogens is 426 g/mol. The van der Waals surface area contributed by atoms with E-state index in [0.717, 1.165) is 5.56 Å². The van der Waals surface area contributed by atoms with Crippen molar-refractivity contribution in [3.63, 3.8) is 0 Å². The van der Waals surface area contributed by atoms with Crippen LogP contribution in [0, 0.1) is 5.92 Å². The number of amides is 2. The van der Waals surface area contributed by atoms with Gasteiger partial charge in [-0.2, -0.15) is 0 Å². The van der Waals surface area contributed by atoms with Gasteiger partial charge in [0.05, 0.1) is 4.90 Å². The summed E-state index contributed by atoms with van der Waals surface area (Å²) in [7, 11) is -2.17. The Hall–Kier alpha value is -2.42. The number of rotatable bonds is 9. The molecule has 0 saturated heterocycles. The summed E-state index contributed by atoms with van der Waals surface area (Å²) in [6.07, 6.45) is 0.704. The fourth-order valence-electron chi connectivity index (χ4n) is 2.73. The average molecular weight is 452 g/mol. The van der Waals surface area contributed by atoms with Gasteiger partial charge in [-0.3, -0.25) is 9.59 Å². The molecule has 0 fully saturated rings. The summed E-state index contributed by atoms with van der Waals surface area (Å²) in [4.78, 5) is 25.4. The van der Waals surface area contributed by atoms with Crippen molar-refractivity contribution in [3.8, 4) is 0 Å². The zero-order chi connectivity index (χ0) is 22.3. The lowest BCUT2D eigenvalue weighted by atomic mass is 9.97. The third kappa shape index (κ3) is 6.29. The Balaban J connectivity index is 2.04. The molecule has 2 aromatic carbocycles. The van der Waals surface area contributed by atoms with Crippen LogP contribution in [0.3, 0.4) is 0 Å². The van der Waals surface area contributed by atoms with Crippen LogP contribution in [0.2, 0.25) is 5.02 Å². The molecule has 0 aromatic heterocycles. The Kier molecular flexibility index (Phi) is 8.40. The lowest BCUT2D eigenvalue weighted by Crippen LogP contribution is -2.50. The van der Waals surface area contributed by atoms with Gasteiger partial charge in [0.1, 0.15) is 6.04 Å². The third-order valence-electron chi connectivity index (χ3n) is 4.86. The molecule has 30 heavy (non-hydrogen) atoms. The number of carbonyl (C=O) groups is 2. The Bertz CT molecular complexity index is 976. The molecule has 7 nitrogen and oxygen atoms in total. The quantitative estimate of drug-likeness (QED) is 0.545. The largest absolute Gasteiger partial charge is 0.350 e. The summed E-state index contributed by atoms with van der Waals surface area (Å²) in [6, 6.07) is 11.9. The van der Waals surface area contributed by atoms with E-state index in [1.807, 2.05) is 13.8 Å². The maximum absolute atomic E-state index is 12.8. The summed E-state index contributed by atoms with van der Waals surface area (Å²) in [5.74, 6) is -0.739. The highest BCUT2D eigenvalue weighted by Crippen LogP contribution is 2.13. The predicted molar refractivity (Wildman–Crippen MR) is 117 cm³/mol. The van der Waals surface area contributed by atoms with Gasteiger partial charge in [0.25, 0.3) is 5.91 Å². The van der Waals surface area contributed by atoms with E-state index >= 15 is 0 Å². The van der Waals surface area contributed by atoms with Crippen molar-refractivity contribution >= 4 is 33.4 Å². The maximum Gasteiger partial charge on any atom is 0.251 e. The molecule has 0 saturated carbocycles. The molecule has 0 heterocycles. The molecule has 2 atom stereocenters. The van der Waals surface area contributed by atoms with Crippen molar-refractivity contribution in [1.29, 1.82) is 0 Å². The van der Waals surface area contributed by atoms with E-state index in [-0.39, 0.29) is 29.2 Å². The van der Waals surface area contributed by atoms with Crippen LogP contribution in [0.4, 0.5) is 0 Å². The number of hydrogen-bond acceptors (Lipinski definition) is 4. The lowest BCUT2D eigenvalue weighted by molar-refractivity contribution is -0.124.